The van der Waals surface area contributed by atoms with Crippen LogP contribution >= 0.6 is 0 Å². The lowest BCUT2D eigenvalue weighted by atomic mass is 10.1. The first kappa shape index (κ1) is 12.1. The van der Waals surface area contributed by atoms with Crippen LogP contribution in [0.4, 0.5) is 5.69 Å². The van der Waals surface area contributed by atoms with Gasteiger partial charge in [0.15, 0.2) is 6.29 Å². The molecule has 0 saturated carbocycles. The number of hydrogen-bond donors (Lipinski definition) is 1. The average Bonchev–Trinajstić information content (AvgIpc) is 2.25. The SMILES string of the molecule is C=C.CN=C(C=O)c1ccccc1N. The first-order valence-electron chi connectivity index (χ1n) is 4.06. The fourth-order valence-corrected chi connectivity index (χ4v) is 0.967. The summed E-state index contributed by atoms with van der Waals surface area (Å²) in [6, 6.07) is 7.15. The highest BCUT2D eigenvalue weighted by atomic mass is 16.1. The van der Waals surface area contributed by atoms with Crippen molar-refractivity contribution >= 4 is 17.7 Å². The lowest BCUT2D eigenvalue weighted by Crippen LogP contribution is -2.05. The van der Waals surface area contributed by atoms with Crippen LogP contribution in [-0.2, 0) is 4.79 Å². The van der Waals surface area contributed by atoms with Gasteiger partial charge in [-0.3, -0.25) is 9.79 Å². The van der Waals surface area contributed by atoms with Gasteiger partial charge in [-0.15, -0.1) is 13.2 Å². The van der Waals surface area contributed by atoms with Gasteiger partial charge in [0.2, 0.25) is 0 Å². The molecule has 0 spiro atoms. The van der Waals surface area contributed by atoms with Gasteiger partial charge in [-0.05, 0) is 6.07 Å². The molecule has 2 N–H and O–H groups in total. The Labute approximate surface area is 84.0 Å². The molecular weight excluding hydrogens is 176 g/mol. The number of aldehydes is 1. The molecule has 1 aromatic carbocycles. The van der Waals surface area contributed by atoms with Crippen LogP contribution in [0.25, 0.3) is 0 Å². The molecular formula is C11H14N2O. The third kappa shape index (κ3) is 2.86. The van der Waals surface area contributed by atoms with Crippen LogP contribution in [-0.4, -0.2) is 19.0 Å². The summed E-state index contributed by atoms with van der Waals surface area (Å²) >= 11 is 0. The topological polar surface area (TPSA) is 55.5 Å². The minimum absolute atomic E-state index is 0.383. The molecule has 0 unspecified atom stereocenters. The monoisotopic (exact) mass is 190 g/mol. The number of anilines is 1. The molecule has 0 heterocycles. The lowest BCUT2D eigenvalue weighted by Gasteiger charge is -2.01. The van der Waals surface area contributed by atoms with Crippen LogP contribution in [0.3, 0.4) is 0 Å². The Morgan fingerprint density at radius 2 is 2.00 bits per heavy atom. The van der Waals surface area contributed by atoms with E-state index in [4.69, 9.17) is 5.73 Å². The Kier molecular flexibility index (Phi) is 5.70. The van der Waals surface area contributed by atoms with Crippen molar-refractivity contribution < 1.29 is 4.79 Å². The molecule has 0 aliphatic carbocycles. The first-order chi connectivity index (χ1) is 6.79. The summed E-state index contributed by atoms with van der Waals surface area (Å²) in [6.07, 6.45) is 0.700. The Bertz CT molecular complexity index is 332. The number of rotatable bonds is 2. The number of hydrogen-bond acceptors (Lipinski definition) is 3. The largest absolute Gasteiger partial charge is 0.398 e. The van der Waals surface area contributed by atoms with E-state index in [0.29, 0.717) is 23.2 Å². The summed E-state index contributed by atoms with van der Waals surface area (Å²) in [4.78, 5) is 14.3. The van der Waals surface area contributed by atoms with Crippen molar-refractivity contribution in [2.75, 3.05) is 12.8 Å². The first-order valence-corrected chi connectivity index (χ1v) is 4.06. The van der Waals surface area contributed by atoms with E-state index < -0.39 is 0 Å². The molecule has 14 heavy (non-hydrogen) atoms. The second-order valence-electron chi connectivity index (χ2n) is 2.31. The predicted molar refractivity (Wildman–Crippen MR) is 60.6 cm³/mol. The number of carbonyl (C=O) groups excluding carboxylic acids is 1. The van der Waals surface area contributed by atoms with Crippen LogP contribution in [0.1, 0.15) is 5.56 Å². The van der Waals surface area contributed by atoms with Crippen LogP contribution in [0.2, 0.25) is 0 Å². The maximum atomic E-state index is 10.5. The third-order valence-electron chi connectivity index (χ3n) is 1.59. The van der Waals surface area contributed by atoms with Crippen molar-refractivity contribution in [1.29, 1.82) is 0 Å². The number of para-hydroxylation sites is 1. The normalized spacial score (nSPS) is 9.93. The van der Waals surface area contributed by atoms with Gasteiger partial charge in [0.25, 0.3) is 0 Å². The van der Waals surface area contributed by atoms with Crippen molar-refractivity contribution in [3.8, 4) is 0 Å². The van der Waals surface area contributed by atoms with Crippen molar-refractivity contribution in [1.82, 2.24) is 0 Å². The van der Waals surface area contributed by atoms with E-state index in [1.54, 1.807) is 19.2 Å². The van der Waals surface area contributed by atoms with Gasteiger partial charge in [0.05, 0.1) is 0 Å². The third-order valence-corrected chi connectivity index (χ3v) is 1.59. The van der Waals surface area contributed by atoms with E-state index in [1.165, 1.54) is 0 Å². The summed E-state index contributed by atoms with van der Waals surface area (Å²) in [7, 11) is 1.57. The molecule has 0 bridgehead atoms. The molecule has 3 heteroatoms. The fourth-order valence-electron chi connectivity index (χ4n) is 0.967. The molecule has 0 saturated heterocycles. The quantitative estimate of drug-likeness (QED) is 0.334. The van der Waals surface area contributed by atoms with E-state index >= 15 is 0 Å². The predicted octanol–water partition coefficient (Wildman–Crippen LogP) is 1.69. The number of aliphatic imine (C=N–C) groups is 1. The molecule has 0 aliphatic heterocycles. The maximum absolute atomic E-state index is 10.5. The van der Waals surface area contributed by atoms with E-state index in [9.17, 15) is 4.79 Å². The van der Waals surface area contributed by atoms with Crippen molar-refractivity contribution in [2.45, 2.75) is 0 Å². The molecule has 1 rings (SSSR count). The van der Waals surface area contributed by atoms with Gasteiger partial charge in [-0.1, -0.05) is 18.2 Å². The molecule has 0 aromatic heterocycles. The molecule has 3 nitrogen and oxygen atoms in total. The average molecular weight is 190 g/mol. The Morgan fingerprint density at radius 3 is 2.43 bits per heavy atom. The van der Waals surface area contributed by atoms with Gasteiger partial charge < -0.3 is 5.73 Å². The maximum Gasteiger partial charge on any atom is 0.168 e. The van der Waals surface area contributed by atoms with Gasteiger partial charge in [-0.2, -0.15) is 0 Å². The van der Waals surface area contributed by atoms with E-state index in [-0.39, 0.29) is 0 Å². The lowest BCUT2D eigenvalue weighted by molar-refractivity contribution is -0.102. The van der Waals surface area contributed by atoms with Crippen molar-refractivity contribution in [3.05, 3.63) is 43.0 Å². The van der Waals surface area contributed by atoms with Gasteiger partial charge in [0.1, 0.15) is 5.71 Å². The molecule has 1 aromatic rings. The van der Waals surface area contributed by atoms with E-state index in [1.807, 2.05) is 12.1 Å². The molecule has 0 atom stereocenters. The highest BCUT2D eigenvalue weighted by Gasteiger charge is 2.03. The summed E-state index contributed by atoms with van der Waals surface area (Å²) in [5, 5.41) is 0. The zero-order chi connectivity index (χ0) is 11.0. The summed E-state index contributed by atoms with van der Waals surface area (Å²) in [6.45, 7) is 6.00. The van der Waals surface area contributed by atoms with Gasteiger partial charge in [-0.25, -0.2) is 0 Å². The molecule has 0 amide bonds. The highest BCUT2D eigenvalue weighted by Crippen LogP contribution is 2.10. The second kappa shape index (κ2) is 6.60. The van der Waals surface area contributed by atoms with Crippen LogP contribution in [0, 0.1) is 0 Å². The highest BCUT2D eigenvalue weighted by molar-refractivity contribution is 6.37. The number of nitrogens with zero attached hydrogens (tertiary/aromatic N) is 1. The molecule has 0 radical (unpaired) electrons. The Hall–Kier alpha value is -1.90. The van der Waals surface area contributed by atoms with Gasteiger partial charge in [0, 0.05) is 18.3 Å². The van der Waals surface area contributed by atoms with Crippen LogP contribution < -0.4 is 5.73 Å². The van der Waals surface area contributed by atoms with Crippen molar-refractivity contribution in [3.63, 3.8) is 0 Å². The Morgan fingerprint density at radius 1 is 1.43 bits per heavy atom. The van der Waals surface area contributed by atoms with E-state index in [2.05, 4.69) is 18.2 Å². The second-order valence-corrected chi connectivity index (χ2v) is 2.31. The minimum Gasteiger partial charge on any atom is -0.398 e. The smallest absolute Gasteiger partial charge is 0.168 e. The molecule has 0 fully saturated rings. The zero-order valence-corrected chi connectivity index (χ0v) is 8.23. The summed E-state index contributed by atoms with van der Waals surface area (Å²) in [5.41, 5.74) is 7.28. The molecule has 0 aliphatic rings. The number of nitrogen functional groups attached to an aromatic ring is 1. The fraction of sp³-hybridized carbons (Fsp3) is 0.0909. The van der Waals surface area contributed by atoms with Crippen LogP contribution in [0.15, 0.2) is 42.4 Å². The number of nitrogens with two attached hydrogens (primary N) is 1. The van der Waals surface area contributed by atoms with E-state index in [0.717, 1.165) is 0 Å². The molecule has 74 valence electrons. The Balaban J connectivity index is 0.000000791. The summed E-state index contributed by atoms with van der Waals surface area (Å²) < 4.78 is 0. The zero-order valence-electron chi connectivity index (χ0n) is 8.23. The van der Waals surface area contributed by atoms with Crippen molar-refractivity contribution in [2.24, 2.45) is 4.99 Å². The number of benzene rings is 1. The summed E-state index contributed by atoms with van der Waals surface area (Å²) in [5.74, 6) is 0. The standard InChI is InChI=1S/C9H10N2O.C2H4/c1-11-9(6-12)7-4-2-3-5-8(7)10;1-2/h2-6H,10H2,1H3;1-2H2. The van der Waals surface area contributed by atoms with Crippen LogP contribution in [0.5, 0.6) is 0 Å². The van der Waals surface area contributed by atoms with Gasteiger partial charge >= 0.3 is 0 Å². The minimum atomic E-state index is 0.383. The number of carbonyl (C=O) groups is 1.